The van der Waals surface area contributed by atoms with Gasteiger partial charge in [0, 0.05) is 6.42 Å². The van der Waals surface area contributed by atoms with Crippen molar-refractivity contribution in [1.82, 2.24) is 0 Å². The van der Waals surface area contributed by atoms with Gasteiger partial charge >= 0.3 is 11.9 Å². The van der Waals surface area contributed by atoms with E-state index in [-0.39, 0.29) is 30.6 Å². The summed E-state index contributed by atoms with van der Waals surface area (Å²) < 4.78 is 9.48. The maximum Gasteiger partial charge on any atom is 0.433 e. The van der Waals surface area contributed by atoms with Crippen LogP contribution in [0.4, 0.5) is 5.88 Å². The summed E-state index contributed by atoms with van der Waals surface area (Å²) in [5.41, 5.74) is 0. The maximum absolute atomic E-state index is 10.7. The predicted octanol–water partition coefficient (Wildman–Crippen LogP) is 1.64. The van der Waals surface area contributed by atoms with E-state index >= 15 is 0 Å². The molecule has 0 saturated carbocycles. The van der Waals surface area contributed by atoms with Gasteiger partial charge in [-0.05, 0) is 6.07 Å². The Morgan fingerprint density at radius 1 is 1.64 bits per heavy atom. The van der Waals surface area contributed by atoms with Gasteiger partial charge in [-0.25, -0.2) is 0 Å². The number of carbonyl (C=O) groups excluding carboxylic acids is 1. The van der Waals surface area contributed by atoms with Gasteiger partial charge in [-0.3, -0.25) is 14.9 Å². The molecule has 0 radical (unpaired) electrons. The fourth-order valence-corrected chi connectivity index (χ4v) is 0.796. The molecule has 0 bridgehead atoms. The number of nitrogens with zero attached hydrogens (tertiary/aromatic N) is 1. The first-order valence-corrected chi connectivity index (χ1v) is 4.02. The third-order valence-electron chi connectivity index (χ3n) is 1.49. The highest BCUT2D eigenvalue weighted by atomic mass is 16.6. The molecule has 1 aromatic rings. The summed E-state index contributed by atoms with van der Waals surface area (Å²) in [6, 6.07) is 2.62. The van der Waals surface area contributed by atoms with Crippen molar-refractivity contribution in [3.05, 3.63) is 28.0 Å². The van der Waals surface area contributed by atoms with Crippen LogP contribution in [0.15, 0.2) is 16.5 Å². The fourth-order valence-electron chi connectivity index (χ4n) is 0.796. The van der Waals surface area contributed by atoms with Crippen molar-refractivity contribution < 1.29 is 18.9 Å². The summed E-state index contributed by atoms with van der Waals surface area (Å²) in [5, 5.41) is 10.2. The van der Waals surface area contributed by atoms with Crippen molar-refractivity contribution in [3.63, 3.8) is 0 Å². The van der Waals surface area contributed by atoms with Crippen molar-refractivity contribution in [2.75, 3.05) is 0 Å². The number of ether oxygens (including phenoxy) is 1. The van der Waals surface area contributed by atoms with Crippen LogP contribution in [-0.2, 0) is 16.1 Å². The Morgan fingerprint density at radius 3 is 2.86 bits per heavy atom. The van der Waals surface area contributed by atoms with Crippen LogP contribution in [0.25, 0.3) is 0 Å². The molecule has 0 aliphatic carbocycles. The fraction of sp³-hybridized carbons (Fsp3) is 0.375. The van der Waals surface area contributed by atoms with Gasteiger partial charge < -0.3 is 9.15 Å². The van der Waals surface area contributed by atoms with Crippen LogP contribution in [-0.4, -0.2) is 10.9 Å². The summed E-state index contributed by atoms with van der Waals surface area (Å²) in [5.74, 6) is -0.463. The first-order valence-electron chi connectivity index (χ1n) is 4.02. The number of furan rings is 1. The molecule has 0 fully saturated rings. The van der Waals surface area contributed by atoms with Gasteiger partial charge in [0.2, 0.25) is 0 Å². The van der Waals surface area contributed by atoms with Crippen LogP contribution < -0.4 is 0 Å². The summed E-state index contributed by atoms with van der Waals surface area (Å²) in [6.07, 6.45) is 0.267. The zero-order chi connectivity index (χ0) is 10.6. The molecule has 6 nitrogen and oxygen atoms in total. The zero-order valence-corrected chi connectivity index (χ0v) is 7.56. The van der Waals surface area contributed by atoms with E-state index in [0.717, 1.165) is 0 Å². The van der Waals surface area contributed by atoms with Crippen molar-refractivity contribution in [1.29, 1.82) is 0 Å². The van der Waals surface area contributed by atoms with E-state index in [1.165, 1.54) is 12.1 Å². The molecule has 6 heteroatoms. The third-order valence-corrected chi connectivity index (χ3v) is 1.49. The lowest BCUT2D eigenvalue weighted by atomic mass is 10.4. The molecule has 0 aromatic carbocycles. The van der Waals surface area contributed by atoms with Gasteiger partial charge in [0.1, 0.15) is 17.3 Å². The van der Waals surface area contributed by atoms with E-state index in [0.29, 0.717) is 0 Å². The smallest absolute Gasteiger partial charge is 0.433 e. The highest BCUT2D eigenvalue weighted by Crippen LogP contribution is 2.16. The summed E-state index contributed by atoms with van der Waals surface area (Å²) >= 11 is 0. The average Bonchev–Trinajstić information content (AvgIpc) is 2.62. The molecular weight excluding hydrogens is 190 g/mol. The minimum atomic E-state index is -0.648. The normalized spacial score (nSPS) is 9.79. The molecule has 76 valence electrons. The lowest BCUT2D eigenvalue weighted by molar-refractivity contribution is -0.402. The van der Waals surface area contributed by atoms with Crippen LogP contribution >= 0.6 is 0 Å². The van der Waals surface area contributed by atoms with Gasteiger partial charge in [-0.1, -0.05) is 6.92 Å². The highest BCUT2D eigenvalue weighted by Gasteiger charge is 2.12. The molecule has 0 atom stereocenters. The number of hydrogen-bond donors (Lipinski definition) is 0. The molecule has 14 heavy (non-hydrogen) atoms. The number of hydrogen-bond acceptors (Lipinski definition) is 5. The number of nitro groups is 1. The minimum Gasteiger partial charge on any atom is -0.457 e. The summed E-state index contributed by atoms with van der Waals surface area (Å²) in [6.45, 7) is 1.59. The number of rotatable bonds is 4. The standard InChI is InChI=1S/C8H9NO5/c1-2-8(10)13-5-6-3-4-7(14-6)9(11)12/h3-4H,2,5H2,1H3. The van der Waals surface area contributed by atoms with E-state index in [4.69, 9.17) is 9.15 Å². The van der Waals surface area contributed by atoms with Gasteiger partial charge in [0.25, 0.3) is 0 Å². The quantitative estimate of drug-likeness (QED) is 0.418. The van der Waals surface area contributed by atoms with Crippen molar-refractivity contribution in [2.45, 2.75) is 20.0 Å². The molecule has 0 unspecified atom stereocenters. The molecular formula is C8H9NO5. The van der Waals surface area contributed by atoms with Crippen molar-refractivity contribution >= 4 is 11.9 Å². The Balaban J connectivity index is 2.52. The van der Waals surface area contributed by atoms with Gasteiger partial charge in [0.15, 0.2) is 0 Å². The second kappa shape index (κ2) is 4.40. The molecule has 1 heterocycles. The number of esters is 1. The summed E-state index contributed by atoms with van der Waals surface area (Å²) in [4.78, 5) is 20.3. The zero-order valence-electron chi connectivity index (χ0n) is 7.56. The Hall–Kier alpha value is -1.85. The van der Waals surface area contributed by atoms with Crippen molar-refractivity contribution in [2.24, 2.45) is 0 Å². The van der Waals surface area contributed by atoms with Crippen LogP contribution in [0.3, 0.4) is 0 Å². The van der Waals surface area contributed by atoms with Gasteiger partial charge in [0.05, 0.1) is 6.07 Å². The average molecular weight is 199 g/mol. The van der Waals surface area contributed by atoms with E-state index in [9.17, 15) is 14.9 Å². The monoisotopic (exact) mass is 199 g/mol. The van der Waals surface area contributed by atoms with E-state index < -0.39 is 4.92 Å². The van der Waals surface area contributed by atoms with Crippen LogP contribution in [0.5, 0.6) is 0 Å². The van der Waals surface area contributed by atoms with Gasteiger partial charge in [-0.2, -0.15) is 0 Å². The Morgan fingerprint density at radius 2 is 2.36 bits per heavy atom. The largest absolute Gasteiger partial charge is 0.457 e. The Labute approximate surface area is 79.6 Å². The summed E-state index contributed by atoms with van der Waals surface area (Å²) in [7, 11) is 0. The molecule has 0 spiro atoms. The Kier molecular flexibility index (Phi) is 3.22. The van der Waals surface area contributed by atoms with Gasteiger partial charge in [-0.15, -0.1) is 0 Å². The van der Waals surface area contributed by atoms with Crippen LogP contribution in [0, 0.1) is 10.1 Å². The highest BCUT2D eigenvalue weighted by molar-refractivity contribution is 5.68. The molecule has 1 rings (SSSR count). The van der Waals surface area contributed by atoms with E-state index in [1.807, 2.05) is 0 Å². The SMILES string of the molecule is CCC(=O)OCc1ccc([N+](=O)[O-])o1. The molecule has 0 saturated heterocycles. The number of carbonyl (C=O) groups is 1. The molecule has 0 aliphatic heterocycles. The van der Waals surface area contributed by atoms with E-state index in [1.54, 1.807) is 6.92 Å². The Bertz CT molecular complexity index is 343. The minimum absolute atomic E-state index is 0.0689. The maximum atomic E-state index is 10.7. The van der Waals surface area contributed by atoms with Crippen molar-refractivity contribution in [3.8, 4) is 0 Å². The molecule has 1 aromatic heterocycles. The predicted molar refractivity (Wildman–Crippen MR) is 45.4 cm³/mol. The lowest BCUT2D eigenvalue weighted by Gasteiger charge is -1.98. The second-order valence-electron chi connectivity index (χ2n) is 2.51. The van der Waals surface area contributed by atoms with Crippen LogP contribution in [0.1, 0.15) is 19.1 Å². The first kappa shape index (κ1) is 10.2. The second-order valence-corrected chi connectivity index (χ2v) is 2.51. The molecule has 0 aliphatic rings. The first-order chi connectivity index (χ1) is 6.63. The molecule has 0 N–H and O–H groups in total. The van der Waals surface area contributed by atoms with E-state index in [2.05, 4.69) is 0 Å². The van der Waals surface area contributed by atoms with Crippen LogP contribution in [0.2, 0.25) is 0 Å². The molecule has 0 amide bonds. The third kappa shape index (κ3) is 2.58. The topological polar surface area (TPSA) is 82.6 Å². The lowest BCUT2D eigenvalue weighted by Crippen LogP contribution is -2.01.